The third-order valence-electron chi connectivity index (χ3n) is 3.01. The highest BCUT2D eigenvalue weighted by Crippen LogP contribution is 2.27. The second-order valence-corrected chi connectivity index (χ2v) is 4.62. The van der Waals surface area contributed by atoms with Crippen molar-refractivity contribution in [3.63, 3.8) is 0 Å². The van der Waals surface area contributed by atoms with Crippen LogP contribution < -0.4 is 0 Å². The Morgan fingerprint density at radius 2 is 2.22 bits per heavy atom. The zero-order valence-corrected chi connectivity index (χ0v) is 10.5. The van der Waals surface area contributed by atoms with E-state index in [1.807, 2.05) is 6.92 Å². The summed E-state index contributed by atoms with van der Waals surface area (Å²) in [6.45, 7) is 3.50. The first kappa shape index (κ1) is 15.3. The van der Waals surface area contributed by atoms with E-state index in [1.54, 1.807) is 4.90 Å². The summed E-state index contributed by atoms with van der Waals surface area (Å²) in [4.78, 5) is 1.69. The van der Waals surface area contributed by atoms with Gasteiger partial charge in [-0.05, 0) is 25.8 Å². The number of nitriles is 1. The van der Waals surface area contributed by atoms with Crippen LogP contribution in [0.15, 0.2) is 0 Å². The molecule has 2 unspecified atom stereocenters. The number of halogens is 3. The Kier molecular flexibility index (Phi) is 5.89. The fourth-order valence-electron chi connectivity index (χ4n) is 2.08. The largest absolute Gasteiger partial charge is 0.405 e. The second-order valence-electron chi connectivity index (χ2n) is 4.62. The predicted octanol–water partition coefficient (Wildman–Crippen LogP) is 2.58. The molecule has 0 aliphatic carbocycles. The van der Waals surface area contributed by atoms with Gasteiger partial charge in [0.1, 0.15) is 0 Å². The van der Waals surface area contributed by atoms with Crippen LogP contribution in [0.25, 0.3) is 0 Å². The number of nitrogens with zero attached hydrogens (tertiary/aromatic N) is 2. The molecule has 0 N–H and O–H groups in total. The molecule has 0 spiro atoms. The van der Waals surface area contributed by atoms with Crippen molar-refractivity contribution in [2.24, 2.45) is 5.92 Å². The maximum atomic E-state index is 12.5. The lowest BCUT2D eigenvalue weighted by molar-refractivity contribution is -0.165. The first-order chi connectivity index (χ1) is 8.47. The molecule has 1 rings (SSSR count). The zero-order valence-electron chi connectivity index (χ0n) is 10.5. The summed E-state index contributed by atoms with van der Waals surface area (Å²) < 4.78 is 43.0. The third-order valence-corrected chi connectivity index (χ3v) is 3.01. The van der Waals surface area contributed by atoms with Gasteiger partial charge in [0, 0.05) is 19.7 Å². The Balaban J connectivity index is 2.44. The Bertz CT molecular complexity index is 288. The van der Waals surface area contributed by atoms with Crippen molar-refractivity contribution in [3.8, 4) is 6.07 Å². The Labute approximate surface area is 106 Å². The molecule has 1 aliphatic rings. The molecule has 1 heterocycles. The van der Waals surface area contributed by atoms with Crippen molar-refractivity contribution < 1.29 is 17.9 Å². The molecule has 6 heteroatoms. The smallest absolute Gasteiger partial charge is 0.377 e. The van der Waals surface area contributed by atoms with E-state index in [1.165, 1.54) is 6.07 Å². The van der Waals surface area contributed by atoms with E-state index >= 15 is 0 Å². The van der Waals surface area contributed by atoms with Crippen molar-refractivity contribution in [2.45, 2.75) is 38.5 Å². The number of rotatable bonds is 5. The molecule has 0 aromatic heterocycles. The van der Waals surface area contributed by atoms with Crippen LogP contribution >= 0.6 is 0 Å². The monoisotopic (exact) mass is 264 g/mol. The number of likely N-dealkylation sites (tertiary alicyclic amines) is 1. The molecule has 1 aliphatic heterocycles. The molecule has 1 fully saturated rings. The van der Waals surface area contributed by atoms with Crippen LogP contribution in [-0.4, -0.2) is 43.4 Å². The van der Waals surface area contributed by atoms with Crippen LogP contribution in [0.4, 0.5) is 13.2 Å². The van der Waals surface area contributed by atoms with Gasteiger partial charge in [0.25, 0.3) is 0 Å². The maximum absolute atomic E-state index is 12.5. The zero-order chi connectivity index (χ0) is 13.6. The quantitative estimate of drug-likeness (QED) is 0.765. The average Bonchev–Trinajstić information content (AvgIpc) is 2.32. The highest BCUT2D eigenvalue weighted by atomic mass is 19.4. The summed E-state index contributed by atoms with van der Waals surface area (Å²) in [5, 5.41) is 8.57. The summed E-state index contributed by atoms with van der Waals surface area (Å²) in [5.41, 5.74) is 0. The van der Waals surface area contributed by atoms with E-state index in [-0.39, 0.29) is 12.6 Å². The van der Waals surface area contributed by atoms with Crippen LogP contribution in [0.1, 0.15) is 26.2 Å². The molecule has 1 saturated heterocycles. The summed E-state index contributed by atoms with van der Waals surface area (Å²) in [7, 11) is 0. The molecular formula is C12H19F3N2O. The van der Waals surface area contributed by atoms with Crippen molar-refractivity contribution in [2.75, 3.05) is 26.2 Å². The van der Waals surface area contributed by atoms with Crippen LogP contribution in [0, 0.1) is 17.2 Å². The van der Waals surface area contributed by atoms with E-state index in [0.717, 1.165) is 19.3 Å². The van der Waals surface area contributed by atoms with E-state index in [0.29, 0.717) is 19.7 Å². The average molecular weight is 264 g/mol. The van der Waals surface area contributed by atoms with Crippen LogP contribution in [0.3, 0.4) is 0 Å². The van der Waals surface area contributed by atoms with Gasteiger partial charge in [-0.3, -0.25) is 4.90 Å². The molecule has 0 amide bonds. The standard InChI is InChI=1S/C12H19F3N2O/c1-2-6-18-11-4-3-5-17(9-11)8-10(7-16)12(13,14)15/h10-11H,2-6,8-9H2,1H3. The van der Waals surface area contributed by atoms with Gasteiger partial charge in [-0.2, -0.15) is 18.4 Å². The van der Waals surface area contributed by atoms with Gasteiger partial charge >= 0.3 is 6.18 Å². The van der Waals surface area contributed by atoms with E-state index in [9.17, 15) is 13.2 Å². The Morgan fingerprint density at radius 3 is 2.78 bits per heavy atom. The molecule has 2 atom stereocenters. The molecule has 104 valence electrons. The van der Waals surface area contributed by atoms with Crippen LogP contribution in [0.5, 0.6) is 0 Å². The van der Waals surface area contributed by atoms with Gasteiger partial charge in [0.15, 0.2) is 5.92 Å². The number of hydrogen-bond donors (Lipinski definition) is 0. The summed E-state index contributed by atoms with van der Waals surface area (Å²) in [6, 6.07) is 1.34. The summed E-state index contributed by atoms with van der Waals surface area (Å²) in [6.07, 6.45) is -1.82. The van der Waals surface area contributed by atoms with Gasteiger partial charge in [0.2, 0.25) is 0 Å². The number of hydrogen-bond acceptors (Lipinski definition) is 3. The van der Waals surface area contributed by atoms with Crippen molar-refractivity contribution in [1.82, 2.24) is 4.90 Å². The highest BCUT2D eigenvalue weighted by Gasteiger charge is 2.41. The first-order valence-electron chi connectivity index (χ1n) is 6.27. The highest BCUT2D eigenvalue weighted by molar-refractivity contribution is 4.91. The minimum atomic E-state index is -4.44. The number of ether oxygens (including phenoxy) is 1. The van der Waals surface area contributed by atoms with E-state index < -0.39 is 12.1 Å². The van der Waals surface area contributed by atoms with Crippen LogP contribution in [-0.2, 0) is 4.74 Å². The predicted molar refractivity (Wildman–Crippen MR) is 60.9 cm³/mol. The van der Waals surface area contributed by atoms with Gasteiger partial charge in [-0.1, -0.05) is 6.92 Å². The lowest BCUT2D eigenvalue weighted by Gasteiger charge is -2.33. The van der Waals surface area contributed by atoms with E-state index in [2.05, 4.69) is 0 Å². The molecule has 0 radical (unpaired) electrons. The van der Waals surface area contributed by atoms with E-state index in [4.69, 9.17) is 10.00 Å². The van der Waals surface area contributed by atoms with Gasteiger partial charge in [-0.25, -0.2) is 0 Å². The normalized spacial score (nSPS) is 23.6. The second kappa shape index (κ2) is 6.95. The lowest BCUT2D eigenvalue weighted by Crippen LogP contribution is -2.44. The molecule has 0 saturated carbocycles. The molecule has 18 heavy (non-hydrogen) atoms. The van der Waals surface area contributed by atoms with Crippen LogP contribution in [0.2, 0.25) is 0 Å². The third kappa shape index (κ3) is 4.83. The molecule has 0 bridgehead atoms. The number of alkyl halides is 3. The van der Waals surface area contributed by atoms with Crippen molar-refractivity contribution in [3.05, 3.63) is 0 Å². The van der Waals surface area contributed by atoms with Crippen molar-refractivity contribution >= 4 is 0 Å². The molecule has 0 aromatic carbocycles. The van der Waals surface area contributed by atoms with Gasteiger partial charge in [0.05, 0.1) is 12.2 Å². The minimum Gasteiger partial charge on any atom is -0.377 e. The molecule has 3 nitrogen and oxygen atoms in total. The Morgan fingerprint density at radius 1 is 1.50 bits per heavy atom. The van der Waals surface area contributed by atoms with Crippen molar-refractivity contribution in [1.29, 1.82) is 5.26 Å². The maximum Gasteiger partial charge on any atom is 0.405 e. The topological polar surface area (TPSA) is 36.3 Å². The van der Waals surface area contributed by atoms with Gasteiger partial charge in [-0.15, -0.1) is 0 Å². The number of piperidine rings is 1. The molecular weight excluding hydrogens is 245 g/mol. The first-order valence-corrected chi connectivity index (χ1v) is 6.27. The SMILES string of the molecule is CCCOC1CCCN(CC(C#N)C(F)(F)F)C1. The summed E-state index contributed by atoms with van der Waals surface area (Å²) in [5.74, 6) is -1.90. The molecule has 0 aromatic rings. The Hall–Kier alpha value is -0.800. The fraction of sp³-hybridized carbons (Fsp3) is 0.917. The summed E-state index contributed by atoms with van der Waals surface area (Å²) >= 11 is 0. The lowest BCUT2D eigenvalue weighted by atomic mass is 10.1. The fourth-order valence-corrected chi connectivity index (χ4v) is 2.08. The minimum absolute atomic E-state index is 0.00581. The van der Waals surface area contributed by atoms with Gasteiger partial charge < -0.3 is 4.74 Å².